The number of nitrogens with zero attached hydrogens (tertiary/aromatic N) is 1. The first-order valence-corrected chi connectivity index (χ1v) is 11.1. The Morgan fingerprint density at radius 2 is 1.87 bits per heavy atom. The molecule has 5 heteroatoms. The number of benzene rings is 2. The van der Waals surface area contributed by atoms with Gasteiger partial charge >= 0.3 is 0 Å². The van der Waals surface area contributed by atoms with E-state index >= 15 is 0 Å². The third-order valence-electron chi connectivity index (χ3n) is 5.96. The highest BCUT2D eigenvalue weighted by Crippen LogP contribution is 2.20. The van der Waals surface area contributed by atoms with Crippen LogP contribution in [0.5, 0.6) is 0 Å². The van der Waals surface area contributed by atoms with E-state index in [0.717, 1.165) is 47.9 Å². The van der Waals surface area contributed by atoms with Crippen molar-refractivity contribution in [2.75, 3.05) is 0 Å². The molecule has 2 amide bonds. The Bertz CT molecular complexity index is 906. The number of aryl methyl sites for hydroxylation is 2. The van der Waals surface area contributed by atoms with E-state index < -0.39 is 6.04 Å². The highest BCUT2D eigenvalue weighted by molar-refractivity contribution is 6.30. The third kappa shape index (κ3) is 5.85. The van der Waals surface area contributed by atoms with Gasteiger partial charge in [-0.15, -0.1) is 0 Å². The lowest BCUT2D eigenvalue weighted by molar-refractivity contribution is -0.140. The second-order valence-electron chi connectivity index (χ2n) is 8.42. The smallest absolute Gasteiger partial charge is 0.242 e. The number of rotatable bonds is 7. The molecule has 30 heavy (non-hydrogen) atoms. The summed E-state index contributed by atoms with van der Waals surface area (Å²) in [7, 11) is 0. The van der Waals surface area contributed by atoms with E-state index in [2.05, 4.69) is 5.32 Å². The van der Waals surface area contributed by atoms with Gasteiger partial charge in [-0.25, -0.2) is 0 Å². The van der Waals surface area contributed by atoms with Gasteiger partial charge < -0.3 is 10.2 Å². The molecule has 0 spiro atoms. The van der Waals surface area contributed by atoms with Gasteiger partial charge in [-0.3, -0.25) is 9.59 Å². The molecule has 1 N–H and O–H groups in total. The Morgan fingerprint density at radius 3 is 2.57 bits per heavy atom. The van der Waals surface area contributed by atoms with Gasteiger partial charge in [0, 0.05) is 17.6 Å². The van der Waals surface area contributed by atoms with Crippen LogP contribution in [0.1, 0.15) is 54.9 Å². The van der Waals surface area contributed by atoms with E-state index in [1.165, 1.54) is 0 Å². The third-order valence-corrected chi connectivity index (χ3v) is 6.19. The molecule has 2 aromatic carbocycles. The van der Waals surface area contributed by atoms with Crippen molar-refractivity contribution in [2.24, 2.45) is 0 Å². The van der Waals surface area contributed by atoms with Crippen LogP contribution < -0.4 is 5.32 Å². The minimum atomic E-state index is -0.554. The quantitative estimate of drug-likeness (QED) is 0.679. The lowest BCUT2D eigenvalue weighted by atomic mass is 10.0. The van der Waals surface area contributed by atoms with Crippen molar-refractivity contribution in [1.29, 1.82) is 0 Å². The molecule has 3 rings (SSSR count). The van der Waals surface area contributed by atoms with E-state index in [4.69, 9.17) is 11.6 Å². The Morgan fingerprint density at radius 1 is 1.13 bits per heavy atom. The summed E-state index contributed by atoms with van der Waals surface area (Å²) >= 11 is 6.15. The molecule has 1 saturated carbocycles. The second kappa shape index (κ2) is 10.1. The van der Waals surface area contributed by atoms with Crippen LogP contribution in [0.25, 0.3) is 0 Å². The largest absolute Gasteiger partial charge is 0.352 e. The number of halogens is 1. The van der Waals surface area contributed by atoms with Crippen molar-refractivity contribution in [3.05, 3.63) is 69.7 Å². The minimum Gasteiger partial charge on any atom is -0.352 e. The molecule has 2 aromatic rings. The predicted octanol–water partition coefficient (Wildman–Crippen LogP) is 4.98. The maximum Gasteiger partial charge on any atom is 0.242 e. The molecular formula is C25H31ClN2O2. The van der Waals surface area contributed by atoms with Crippen LogP contribution in [0, 0.1) is 13.8 Å². The number of carbonyl (C=O) groups is 2. The zero-order valence-corrected chi connectivity index (χ0v) is 18.8. The van der Waals surface area contributed by atoms with E-state index in [-0.39, 0.29) is 24.3 Å². The van der Waals surface area contributed by atoms with Crippen molar-refractivity contribution >= 4 is 23.4 Å². The first-order valence-electron chi connectivity index (χ1n) is 10.7. The van der Waals surface area contributed by atoms with Crippen molar-refractivity contribution in [2.45, 2.75) is 71.5 Å². The summed E-state index contributed by atoms with van der Waals surface area (Å²) in [5.74, 6) is -0.143. The Labute approximate surface area is 184 Å². The molecule has 0 unspecified atom stereocenters. The first-order chi connectivity index (χ1) is 14.3. The lowest BCUT2D eigenvalue weighted by Crippen LogP contribution is -2.50. The van der Waals surface area contributed by atoms with Gasteiger partial charge in [-0.1, -0.05) is 60.3 Å². The van der Waals surface area contributed by atoms with Crippen LogP contribution in [0.3, 0.4) is 0 Å². The minimum absolute atomic E-state index is 0.0576. The number of nitrogens with one attached hydrogen (secondary N) is 1. The predicted molar refractivity (Wildman–Crippen MR) is 121 cm³/mol. The monoisotopic (exact) mass is 426 g/mol. The topological polar surface area (TPSA) is 49.4 Å². The molecule has 0 heterocycles. The summed E-state index contributed by atoms with van der Waals surface area (Å²) in [6, 6.07) is 13.3. The molecule has 160 valence electrons. The van der Waals surface area contributed by atoms with Gasteiger partial charge in [0.2, 0.25) is 11.8 Å². The Kier molecular flexibility index (Phi) is 7.54. The van der Waals surface area contributed by atoms with Crippen LogP contribution >= 0.6 is 11.6 Å². The standard InChI is InChI=1S/C25H31ClN2O2/c1-17-11-12-18(2)21(13-17)15-24(29)28(16-20-7-6-8-22(26)14-20)19(3)25(30)27-23-9-4-5-10-23/h6-8,11-14,19,23H,4-5,9-10,15-16H2,1-3H3,(H,27,30)/t19-/m0/s1. The average molecular weight is 427 g/mol. The molecule has 0 aromatic heterocycles. The Balaban J connectivity index is 1.80. The summed E-state index contributed by atoms with van der Waals surface area (Å²) < 4.78 is 0. The normalized spacial score (nSPS) is 15.1. The lowest BCUT2D eigenvalue weighted by Gasteiger charge is -2.30. The van der Waals surface area contributed by atoms with Crippen LogP contribution in [-0.2, 0) is 22.6 Å². The molecular weight excluding hydrogens is 396 g/mol. The van der Waals surface area contributed by atoms with Gasteiger partial charge in [0.05, 0.1) is 6.42 Å². The molecule has 0 saturated heterocycles. The number of hydrogen-bond acceptors (Lipinski definition) is 2. The summed E-state index contributed by atoms with van der Waals surface area (Å²) in [5, 5.41) is 3.76. The maximum absolute atomic E-state index is 13.4. The van der Waals surface area contributed by atoms with Crippen LogP contribution in [0.2, 0.25) is 5.02 Å². The first kappa shape index (κ1) is 22.4. The molecule has 0 aliphatic heterocycles. The van der Waals surface area contributed by atoms with Crippen LogP contribution in [-0.4, -0.2) is 28.8 Å². The number of hydrogen-bond donors (Lipinski definition) is 1. The van der Waals surface area contributed by atoms with Gasteiger partial charge in [0.25, 0.3) is 0 Å². The van der Waals surface area contributed by atoms with Crippen molar-refractivity contribution in [1.82, 2.24) is 10.2 Å². The van der Waals surface area contributed by atoms with E-state index in [9.17, 15) is 9.59 Å². The molecule has 1 fully saturated rings. The molecule has 0 bridgehead atoms. The zero-order valence-electron chi connectivity index (χ0n) is 18.1. The van der Waals surface area contributed by atoms with E-state index in [0.29, 0.717) is 11.6 Å². The van der Waals surface area contributed by atoms with Crippen molar-refractivity contribution < 1.29 is 9.59 Å². The summed E-state index contributed by atoms with van der Waals surface area (Å²) in [4.78, 5) is 28.0. The molecule has 4 nitrogen and oxygen atoms in total. The van der Waals surface area contributed by atoms with Gasteiger partial charge in [0.15, 0.2) is 0 Å². The second-order valence-corrected chi connectivity index (χ2v) is 8.86. The maximum atomic E-state index is 13.4. The summed E-state index contributed by atoms with van der Waals surface area (Å²) in [6.07, 6.45) is 4.61. The summed E-state index contributed by atoms with van der Waals surface area (Å²) in [5.41, 5.74) is 4.12. The number of amides is 2. The fourth-order valence-corrected chi connectivity index (χ4v) is 4.27. The van der Waals surface area contributed by atoms with E-state index in [1.54, 1.807) is 4.90 Å². The van der Waals surface area contributed by atoms with Crippen LogP contribution in [0.15, 0.2) is 42.5 Å². The van der Waals surface area contributed by atoms with Gasteiger partial charge in [0.1, 0.15) is 6.04 Å². The average Bonchev–Trinajstić information content (AvgIpc) is 3.21. The SMILES string of the molecule is Cc1ccc(C)c(CC(=O)N(Cc2cccc(Cl)c2)[C@@H](C)C(=O)NC2CCCC2)c1. The fraction of sp³-hybridized carbons (Fsp3) is 0.440. The molecule has 1 aliphatic carbocycles. The van der Waals surface area contributed by atoms with Gasteiger partial charge in [-0.05, 0) is 62.4 Å². The van der Waals surface area contributed by atoms with Crippen molar-refractivity contribution in [3.8, 4) is 0 Å². The van der Waals surface area contributed by atoms with Crippen LogP contribution in [0.4, 0.5) is 0 Å². The summed E-state index contributed by atoms with van der Waals surface area (Å²) in [6.45, 7) is 6.20. The fourth-order valence-electron chi connectivity index (χ4n) is 4.06. The highest BCUT2D eigenvalue weighted by Gasteiger charge is 2.28. The van der Waals surface area contributed by atoms with E-state index in [1.807, 2.05) is 63.2 Å². The molecule has 1 atom stereocenters. The Hall–Kier alpha value is -2.33. The zero-order chi connectivity index (χ0) is 21.7. The van der Waals surface area contributed by atoms with Gasteiger partial charge in [-0.2, -0.15) is 0 Å². The highest BCUT2D eigenvalue weighted by atomic mass is 35.5. The molecule has 0 radical (unpaired) electrons. The van der Waals surface area contributed by atoms with Crippen molar-refractivity contribution in [3.63, 3.8) is 0 Å². The molecule has 1 aliphatic rings. The number of carbonyl (C=O) groups excluding carboxylic acids is 2.